The maximum absolute atomic E-state index is 11.2. The van der Waals surface area contributed by atoms with E-state index in [1.54, 1.807) is 0 Å². The fourth-order valence-corrected chi connectivity index (χ4v) is 1.28. The zero-order valence-electron chi connectivity index (χ0n) is 6.23. The first-order valence-corrected chi connectivity index (χ1v) is 5.53. The standard InChI is InChI=1S/C7H12Br2O/c1-5(3-8)7(10)6(2)4-9/h5-6H,3-4H2,1-2H3. The Labute approximate surface area is 78.8 Å². The van der Waals surface area contributed by atoms with E-state index in [1.165, 1.54) is 0 Å². The van der Waals surface area contributed by atoms with Gasteiger partial charge in [0, 0.05) is 22.5 Å². The maximum Gasteiger partial charge on any atom is 0.140 e. The van der Waals surface area contributed by atoms with Gasteiger partial charge in [-0.1, -0.05) is 45.7 Å². The lowest BCUT2D eigenvalue weighted by Crippen LogP contribution is -2.21. The molecule has 2 unspecified atom stereocenters. The second-order valence-corrected chi connectivity index (χ2v) is 3.81. The maximum atomic E-state index is 11.2. The molecule has 10 heavy (non-hydrogen) atoms. The summed E-state index contributed by atoms with van der Waals surface area (Å²) in [5.41, 5.74) is 0. The van der Waals surface area contributed by atoms with Gasteiger partial charge in [-0.15, -0.1) is 0 Å². The highest BCUT2D eigenvalue weighted by Gasteiger charge is 2.17. The first kappa shape index (κ1) is 10.6. The second-order valence-electron chi connectivity index (χ2n) is 2.51. The number of alkyl halides is 2. The molecule has 3 heteroatoms. The third-order valence-corrected chi connectivity index (χ3v) is 3.38. The zero-order chi connectivity index (χ0) is 8.15. The summed E-state index contributed by atoms with van der Waals surface area (Å²) in [7, 11) is 0. The molecule has 1 nitrogen and oxygen atoms in total. The lowest BCUT2D eigenvalue weighted by Gasteiger charge is -2.10. The Morgan fingerprint density at radius 3 is 1.70 bits per heavy atom. The molecule has 0 aliphatic carbocycles. The SMILES string of the molecule is CC(CBr)C(=O)C(C)CBr. The van der Waals surface area contributed by atoms with Gasteiger partial charge in [-0.05, 0) is 0 Å². The summed E-state index contributed by atoms with van der Waals surface area (Å²) in [5.74, 6) is 0.619. The number of halogens is 2. The third kappa shape index (κ3) is 3.15. The molecule has 0 N–H and O–H groups in total. The van der Waals surface area contributed by atoms with Crippen LogP contribution in [-0.2, 0) is 4.79 Å². The largest absolute Gasteiger partial charge is 0.299 e. The van der Waals surface area contributed by atoms with E-state index in [4.69, 9.17) is 0 Å². The van der Waals surface area contributed by atoms with Crippen molar-refractivity contribution >= 4 is 37.6 Å². The summed E-state index contributed by atoms with van der Waals surface area (Å²) in [5, 5.41) is 1.53. The van der Waals surface area contributed by atoms with Crippen molar-refractivity contribution in [1.82, 2.24) is 0 Å². The Hall–Kier alpha value is 0.630. The Balaban J connectivity index is 3.82. The third-order valence-electron chi connectivity index (χ3n) is 1.43. The molecule has 0 saturated heterocycles. The quantitative estimate of drug-likeness (QED) is 0.719. The summed E-state index contributed by atoms with van der Waals surface area (Å²) in [6.45, 7) is 3.88. The van der Waals surface area contributed by atoms with Crippen LogP contribution in [0.15, 0.2) is 0 Å². The number of carbonyl (C=O) groups excluding carboxylic acids is 1. The van der Waals surface area contributed by atoms with Crippen molar-refractivity contribution in [2.24, 2.45) is 11.8 Å². The van der Waals surface area contributed by atoms with Gasteiger partial charge in [0.2, 0.25) is 0 Å². The van der Waals surface area contributed by atoms with Gasteiger partial charge in [-0.2, -0.15) is 0 Å². The van der Waals surface area contributed by atoms with Gasteiger partial charge >= 0.3 is 0 Å². The molecule has 0 spiro atoms. The first-order valence-electron chi connectivity index (χ1n) is 3.29. The van der Waals surface area contributed by atoms with Gasteiger partial charge in [0.25, 0.3) is 0 Å². The Kier molecular flexibility index (Phi) is 5.64. The summed E-state index contributed by atoms with van der Waals surface area (Å²) in [4.78, 5) is 11.2. The van der Waals surface area contributed by atoms with Crippen LogP contribution in [0, 0.1) is 11.8 Å². The summed E-state index contributed by atoms with van der Waals surface area (Å²) >= 11 is 6.55. The van der Waals surface area contributed by atoms with E-state index in [0.29, 0.717) is 5.78 Å². The van der Waals surface area contributed by atoms with Crippen molar-refractivity contribution < 1.29 is 4.79 Å². The molecule has 0 heterocycles. The van der Waals surface area contributed by atoms with Gasteiger partial charge < -0.3 is 0 Å². The van der Waals surface area contributed by atoms with E-state index >= 15 is 0 Å². The first-order chi connectivity index (χ1) is 4.63. The van der Waals surface area contributed by atoms with E-state index in [1.807, 2.05) is 13.8 Å². The Bertz CT molecular complexity index is 102. The molecule has 0 saturated carbocycles. The molecule has 0 bridgehead atoms. The number of hydrogen-bond acceptors (Lipinski definition) is 1. The van der Waals surface area contributed by atoms with E-state index in [-0.39, 0.29) is 11.8 Å². The van der Waals surface area contributed by atoms with Crippen LogP contribution in [0.25, 0.3) is 0 Å². The molecule has 2 atom stereocenters. The average Bonchev–Trinajstić information content (AvgIpc) is 2.00. The van der Waals surface area contributed by atoms with Crippen molar-refractivity contribution in [2.75, 3.05) is 10.7 Å². The smallest absolute Gasteiger partial charge is 0.140 e. The minimum Gasteiger partial charge on any atom is -0.299 e. The minimum absolute atomic E-state index is 0.146. The highest BCUT2D eigenvalue weighted by Crippen LogP contribution is 2.11. The van der Waals surface area contributed by atoms with Gasteiger partial charge in [-0.3, -0.25) is 4.79 Å². The average molecular weight is 272 g/mol. The molecule has 60 valence electrons. The van der Waals surface area contributed by atoms with Crippen LogP contribution in [0.4, 0.5) is 0 Å². The molecule has 0 fully saturated rings. The fraction of sp³-hybridized carbons (Fsp3) is 0.857. The zero-order valence-corrected chi connectivity index (χ0v) is 9.41. The van der Waals surface area contributed by atoms with E-state index in [0.717, 1.165) is 10.7 Å². The lowest BCUT2D eigenvalue weighted by molar-refractivity contribution is -0.124. The molecule has 0 aromatic heterocycles. The molecule has 0 amide bonds. The summed E-state index contributed by atoms with van der Waals surface area (Å²) in [6, 6.07) is 0. The minimum atomic E-state index is 0.146. The number of ketones is 1. The van der Waals surface area contributed by atoms with Crippen molar-refractivity contribution in [3.05, 3.63) is 0 Å². The molecule has 0 aliphatic heterocycles. The number of Topliss-reactive ketones (excluding diaryl/α,β-unsaturated/α-hetero) is 1. The lowest BCUT2D eigenvalue weighted by atomic mass is 9.99. The predicted molar refractivity (Wildman–Crippen MR) is 50.9 cm³/mol. The van der Waals surface area contributed by atoms with Crippen LogP contribution in [-0.4, -0.2) is 16.4 Å². The van der Waals surface area contributed by atoms with Gasteiger partial charge in [-0.25, -0.2) is 0 Å². The van der Waals surface area contributed by atoms with Crippen LogP contribution in [0.5, 0.6) is 0 Å². The molecular weight excluding hydrogens is 260 g/mol. The predicted octanol–water partition coefficient (Wildman–Crippen LogP) is 2.62. The van der Waals surface area contributed by atoms with Crippen LogP contribution in [0.3, 0.4) is 0 Å². The molecule has 0 aromatic rings. The van der Waals surface area contributed by atoms with E-state index in [9.17, 15) is 4.79 Å². The van der Waals surface area contributed by atoms with E-state index in [2.05, 4.69) is 31.9 Å². The fourth-order valence-electron chi connectivity index (χ4n) is 0.638. The summed E-state index contributed by atoms with van der Waals surface area (Å²) < 4.78 is 0. The van der Waals surface area contributed by atoms with Crippen LogP contribution < -0.4 is 0 Å². The topological polar surface area (TPSA) is 17.1 Å². The number of hydrogen-bond donors (Lipinski definition) is 0. The van der Waals surface area contributed by atoms with E-state index < -0.39 is 0 Å². The summed E-state index contributed by atoms with van der Waals surface area (Å²) in [6.07, 6.45) is 0. The van der Waals surface area contributed by atoms with Gasteiger partial charge in [0.05, 0.1) is 0 Å². The second kappa shape index (κ2) is 5.30. The number of carbonyl (C=O) groups is 1. The Morgan fingerprint density at radius 1 is 1.20 bits per heavy atom. The van der Waals surface area contributed by atoms with Crippen LogP contribution >= 0.6 is 31.9 Å². The van der Waals surface area contributed by atoms with Crippen molar-refractivity contribution in [1.29, 1.82) is 0 Å². The monoisotopic (exact) mass is 270 g/mol. The van der Waals surface area contributed by atoms with Gasteiger partial charge in [0.1, 0.15) is 5.78 Å². The molecule has 0 aromatic carbocycles. The number of rotatable bonds is 4. The van der Waals surface area contributed by atoms with Gasteiger partial charge in [0.15, 0.2) is 0 Å². The van der Waals surface area contributed by atoms with Crippen molar-refractivity contribution in [2.45, 2.75) is 13.8 Å². The molecule has 0 aliphatic rings. The van der Waals surface area contributed by atoms with Crippen molar-refractivity contribution in [3.8, 4) is 0 Å². The molecule has 0 radical (unpaired) electrons. The van der Waals surface area contributed by atoms with Crippen molar-refractivity contribution in [3.63, 3.8) is 0 Å². The highest BCUT2D eigenvalue weighted by atomic mass is 79.9. The van der Waals surface area contributed by atoms with Crippen LogP contribution in [0.1, 0.15) is 13.8 Å². The highest BCUT2D eigenvalue weighted by molar-refractivity contribution is 9.09. The molecular formula is C7H12Br2O. The Morgan fingerprint density at radius 2 is 1.50 bits per heavy atom. The molecule has 0 rings (SSSR count). The van der Waals surface area contributed by atoms with Crippen LogP contribution in [0.2, 0.25) is 0 Å². The normalized spacial score (nSPS) is 16.4.